The molecule has 0 radical (unpaired) electrons. The van der Waals surface area contributed by atoms with E-state index in [-0.39, 0.29) is 32.5 Å². The van der Waals surface area contributed by atoms with Crippen molar-refractivity contribution >= 4 is 44.6 Å². The average molecular weight is 991 g/mol. The van der Waals surface area contributed by atoms with Crippen LogP contribution in [0.3, 0.4) is 0 Å². The lowest BCUT2D eigenvalue weighted by Gasteiger charge is -2.30. The third-order valence-electron chi connectivity index (χ3n) is 16.1. The maximum absolute atomic E-state index is 7.17. The third-order valence-corrected chi connectivity index (χ3v) is 16.1. The molecule has 0 N–H and O–H groups in total. The average Bonchev–Trinajstić information content (AvgIpc) is 3.93. The molecule has 2 aromatic heterocycles. The number of nitrogens with zero attached hydrogens (tertiary/aromatic N) is 4. The van der Waals surface area contributed by atoms with Gasteiger partial charge in [0.25, 0.3) is 0 Å². The van der Waals surface area contributed by atoms with Gasteiger partial charge in [0.15, 0.2) is 0 Å². The minimum absolute atomic E-state index is 0.0325. The van der Waals surface area contributed by atoms with Gasteiger partial charge in [0.1, 0.15) is 24.0 Å². The quantitative estimate of drug-likeness (QED) is 0.144. The summed E-state index contributed by atoms with van der Waals surface area (Å²) in [6, 6.07) is 60.9. The van der Waals surface area contributed by atoms with Crippen LogP contribution in [0.4, 0.5) is 22.7 Å². The Labute approximate surface area is 448 Å². The van der Waals surface area contributed by atoms with Crippen LogP contribution in [0.25, 0.3) is 27.6 Å². The predicted octanol–water partition coefficient (Wildman–Crippen LogP) is 19.1. The molecule has 0 saturated carbocycles. The second kappa shape index (κ2) is 18.3. The summed E-state index contributed by atoms with van der Waals surface area (Å²) >= 11 is 0. The molecule has 7 aromatic carbocycles. The van der Waals surface area contributed by atoms with E-state index in [1.54, 1.807) is 0 Å². The van der Waals surface area contributed by atoms with Crippen LogP contribution in [0, 0.1) is 0 Å². The Morgan fingerprint density at radius 3 is 1.45 bits per heavy atom. The monoisotopic (exact) mass is 991 g/mol. The molecule has 0 fully saturated rings. The van der Waals surface area contributed by atoms with E-state index in [1.807, 2.05) is 6.20 Å². The Balaban J connectivity index is 1.11. The van der Waals surface area contributed by atoms with E-state index in [2.05, 4.69) is 289 Å². The number of aromatic nitrogens is 2. The highest BCUT2D eigenvalue weighted by atomic mass is 16.5. The van der Waals surface area contributed by atoms with Gasteiger partial charge in [0.05, 0.1) is 22.4 Å². The fourth-order valence-corrected chi connectivity index (χ4v) is 10.8. The van der Waals surface area contributed by atoms with E-state index in [0.29, 0.717) is 6.67 Å². The lowest BCUT2D eigenvalue weighted by molar-refractivity contribution is 0.479. The molecule has 0 unspecified atom stereocenters. The van der Waals surface area contributed by atoms with Crippen LogP contribution in [0.15, 0.2) is 170 Å². The third kappa shape index (κ3) is 9.76. The van der Waals surface area contributed by atoms with E-state index in [9.17, 15) is 0 Å². The van der Waals surface area contributed by atoms with Crippen molar-refractivity contribution in [1.82, 2.24) is 9.55 Å². The Kier molecular flexibility index (Phi) is 12.6. The van der Waals surface area contributed by atoms with Crippen molar-refractivity contribution in [2.75, 3.05) is 16.5 Å². The molecule has 1 aliphatic heterocycles. The van der Waals surface area contributed by atoms with Gasteiger partial charge >= 0.3 is 0 Å². The number of hydrogen-bond donors (Lipinski definition) is 0. The van der Waals surface area contributed by atoms with Crippen molar-refractivity contribution in [3.05, 3.63) is 214 Å². The molecule has 5 nitrogen and oxygen atoms in total. The van der Waals surface area contributed by atoms with Gasteiger partial charge in [-0.3, -0.25) is 4.57 Å². The van der Waals surface area contributed by atoms with Crippen LogP contribution in [-0.4, -0.2) is 16.2 Å². The largest absolute Gasteiger partial charge is 0.457 e. The van der Waals surface area contributed by atoms with Crippen molar-refractivity contribution in [1.29, 1.82) is 0 Å². The zero-order valence-electron chi connectivity index (χ0n) is 47.6. The summed E-state index contributed by atoms with van der Waals surface area (Å²) in [5.74, 6) is 2.46. The smallest absolute Gasteiger partial charge is 0.137 e. The fourth-order valence-electron chi connectivity index (χ4n) is 10.8. The van der Waals surface area contributed by atoms with Crippen molar-refractivity contribution < 1.29 is 4.74 Å². The lowest BCUT2D eigenvalue weighted by atomic mass is 9.78. The molecule has 384 valence electrons. The molecule has 10 rings (SSSR count). The molecular weight excluding hydrogens is 913 g/mol. The first kappa shape index (κ1) is 51.4. The number of anilines is 4. The number of rotatable bonds is 9. The van der Waals surface area contributed by atoms with Gasteiger partial charge in [0.2, 0.25) is 0 Å². The van der Waals surface area contributed by atoms with Gasteiger partial charge in [-0.05, 0) is 139 Å². The summed E-state index contributed by atoms with van der Waals surface area (Å²) < 4.78 is 9.49. The normalized spacial score (nSPS) is 13.8. The second-order valence-electron chi connectivity index (χ2n) is 26.4. The molecule has 3 heterocycles. The maximum Gasteiger partial charge on any atom is 0.137 e. The van der Waals surface area contributed by atoms with Crippen LogP contribution >= 0.6 is 0 Å². The highest BCUT2D eigenvalue weighted by Gasteiger charge is 2.34. The van der Waals surface area contributed by atoms with E-state index in [4.69, 9.17) is 9.72 Å². The Morgan fingerprint density at radius 2 is 0.880 bits per heavy atom. The molecule has 0 spiro atoms. The maximum atomic E-state index is 7.17. The Morgan fingerprint density at radius 1 is 0.360 bits per heavy atom. The molecule has 0 aliphatic carbocycles. The van der Waals surface area contributed by atoms with Crippen LogP contribution in [0.1, 0.15) is 155 Å². The summed E-state index contributed by atoms with van der Waals surface area (Å²) in [7, 11) is 0. The van der Waals surface area contributed by atoms with E-state index in [0.717, 1.165) is 39.4 Å². The summed E-state index contributed by atoms with van der Waals surface area (Å²) in [6.07, 6.45) is 1.95. The van der Waals surface area contributed by atoms with Gasteiger partial charge in [-0.1, -0.05) is 190 Å². The van der Waals surface area contributed by atoms with Crippen molar-refractivity contribution in [2.45, 2.75) is 143 Å². The lowest BCUT2D eigenvalue weighted by Crippen LogP contribution is -2.26. The number of ether oxygens (including phenoxy) is 1. The van der Waals surface area contributed by atoms with Gasteiger partial charge < -0.3 is 14.5 Å². The molecule has 0 saturated heterocycles. The molecule has 0 bridgehead atoms. The molecule has 1 aliphatic rings. The number of pyridine rings is 1. The summed E-state index contributed by atoms with van der Waals surface area (Å²) in [5.41, 5.74) is 16.4. The molecule has 0 amide bonds. The standard InChI is InChI=1S/C70H78N4O/c1-65(2,3)48-33-34-71-64(42-48)74-60-31-27-49(69(13,14)46-23-19-17-20-24-46)40-59(60)58-30-29-56(44-62(58)74)75-57-39-53(68(10,11)12)38-55(43-57)72-45-73(54-36-51(66(4,5)6)35-52(37-54)67(7,8)9)63-41-50(28-32-61(63)72)70(15,16)47-25-21-18-22-26-47/h17-44H,45H2,1-16H3. The number of fused-ring (bicyclic) bond motifs is 4. The zero-order chi connectivity index (χ0) is 53.6. The van der Waals surface area contributed by atoms with Crippen LogP contribution in [0.5, 0.6) is 11.5 Å². The van der Waals surface area contributed by atoms with Gasteiger partial charge in [-0.15, -0.1) is 0 Å². The first-order valence-electron chi connectivity index (χ1n) is 27.0. The molecule has 75 heavy (non-hydrogen) atoms. The zero-order valence-corrected chi connectivity index (χ0v) is 47.6. The Hall–Kier alpha value is -7.11. The second-order valence-corrected chi connectivity index (χ2v) is 26.4. The minimum Gasteiger partial charge on any atom is -0.457 e. The predicted molar refractivity (Wildman–Crippen MR) is 319 cm³/mol. The van der Waals surface area contributed by atoms with Crippen molar-refractivity contribution in [3.8, 4) is 17.3 Å². The van der Waals surface area contributed by atoms with E-state index < -0.39 is 0 Å². The number of benzene rings is 7. The summed E-state index contributed by atoms with van der Waals surface area (Å²) in [5, 5.41) is 2.34. The van der Waals surface area contributed by atoms with Crippen LogP contribution in [0.2, 0.25) is 0 Å². The molecular formula is C70H78N4O. The molecule has 5 heteroatoms. The highest BCUT2D eigenvalue weighted by molar-refractivity contribution is 6.10. The summed E-state index contributed by atoms with van der Waals surface area (Å²) in [6.45, 7) is 37.6. The fraction of sp³-hybridized carbons (Fsp3) is 0.329. The van der Waals surface area contributed by atoms with Crippen LogP contribution < -0.4 is 14.5 Å². The van der Waals surface area contributed by atoms with Gasteiger partial charge in [-0.2, -0.15) is 0 Å². The van der Waals surface area contributed by atoms with Crippen molar-refractivity contribution in [3.63, 3.8) is 0 Å². The first-order valence-corrected chi connectivity index (χ1v) is 27.0. The first-order chi connectivity index (χ1) is 35.2. The molecule has 9 aromatic rings. The van der Waals surface area contributed by atoms with E-state index in [1.165, 1.54) is 67.0 Å². The SMILES string of the molecule is CC(C)(C)c1cc(Oc2ccc3c4cc(C(C)(C)c5ccccc5)ccc4n(-c4cc(C(C)(C)C)ccn4)c3c2)cc(N2CN(c3cc(C(C)(C)C)cc(C(C)(C)C)c3)c3cc(C(C)(C)c4ccccc4)ccc32)c1. The minimum atomic E-state index is -0.217. The topological polar surface area (TPSA) is 33.5 Å². The summed E-state index contributed by atoms with van der Waals surface area (Å²) in [4.78, 5) is 10.1. The highest BCUT2D eigenvalue weighted by Crippen LogP contribution is 2.50. The van der Waals surface area contributed by atoms with Gasteiger partial charge in [-0.25, -0.2) is 4.98 Å². The van der Waals surface area contributed by atoms with Gasteiger partial charge in [0, 0.05) is 51.3 Å². The number of hydrogen-bond acceptors (Lipinski definition) is 4. The molecule has 0 atom stereocenters. The van der Waals surface area contributed by atoms with Crippen molar-refractivity contribution in [2.24, 2.45) is 0 Å². The van der Waals surface area contributed by atoms with E-state index >= 15 is 0 Å². The van der Waals surface area contributed by atoms with Crippen LogP contribution in [-0.2, 0) is 32.5 Å². The Bertz CT molecular complexity index is 3560.